The van der Waals surface area contributed by atoms with Gasteiger partial charge in [0.1, 0.15) is 0 Å². The minimum absolute atomic E-state index is 0.931. The number of quaternary nitrogens is 1. The van der Waals surface area contributed by atoms with Crippen LogP contribution in [0.1, 0.15) is 0 Å². The molecular weight excluding hydrogens is 202 g/mol. The summed E-state index contributed by atoms with van der Waals surface area (Å²) in [7, 11) is -8.19. The van der Waals surface area contributed by atoms with Crippen molar-refractivity contribution in [3.05, 3.63) is 0 Å². The van der Waals surface area contributed by atoms with Crippen LogP contribution >= 0.6 is 0 Å². The van der Waals surface area contributed by atoms with E-state index in [1.165, 1.54) is 0 Å². The van der Waals surface area contributed by atoms with Gasteiger partial charge < -0.3 is 4.55 Å². The first-order valence-electron chi connectivity index (χ1n) is 1.88. The van der Waals surface area contributed by atoms with Crippen molar-refractivity contribution in [2.24, 2.45) is 0 Å². The van der Waals surface area contributed by atoms with Gasteiger partial charge in [-0.15, -0.1) is 0 Å². The fraction of sp³-hybridized carbons (Fsp3) is 1.00. The highest BCUT2D eigenvalue weighted by atomic mass is 32.3. The SMILES string of the molecule is CS(=O)(=O)O[NH3+].O=S(=O)([O-])O. The summed E-state index contributed by atoms with van der Waals surface area (Å²) < 4.78 is 55.9. The molecular formula is CH7NO7S2. The van der Waals surface area contributed by atoms with Crippen LogP contribution in [-0.2, 0) is 24.8 Å². The second-order valence-electron chi connectivity index (χ2n) is 1.25. The number of rotatable bonds is 1. The van der Waals surface area contributed by atoms with Crippen molar-refractivity contribution in [1.82, 2.24) is 0 Å². The molecule has 0 saturated heterocycles. The molecule has 0 unspecified atom stereocenters. The molecule has 0 rings (SSSR count). The van der Waals surface area contributed by atoms with Crippen LogP contribution in [0.15, 0.2) is 0 Å². The van der Waals surface area contributed by atoms with E-state index in [4.69, 9.17) is 17.5 Å². The maximum absolute atomic E-state index is 9.72. The standard InChI is InChI=1S/CH6NO3S.H2O4S/c1-6(3,4)5-2;1-5(2,3)4/h1-2H3;(H2,1,2,3,4)/q+1;/p-1. The molecule has 0 aliphatic carbocycles. The van der Waals surface area contributed by atoms with Crippen LogP contribution in [0, 0.1) is 0 Å². The van der Waals surface area contributed by atoms with Gasteiger partial charge in [0.05, 0.1) is 6.26 Å². The van der Waals surface area contributed by atoms with Crippen molar-refractivity contribution in [2.75, 3.05) is 6.26 Å². The van der Waals surface area contributed by atoms with Gasteiger partial charge in [0, 0.05) is 0 Å². The predicted molar refractivity (Wildman–Crippen MR) is 31.1 cm³/mol. The largest absolute Gasteiger partial charge is 0.726 e. The van der Waals surface area contributed by atoms with Gasteiger partial charge >= 0.3 is 10.1 Å². The van der Waals surface area contributed by atoms with Crippen LogP contribution in [-0.4, -0.2) is 32.2 Å². The van der Waals surface area contributed by atoms with Crippen LogP contribution in [0.2, 0.25) is 0 Å². The first kappa shape index (κ1) is 13.3. The van der Waals surface area contributed by atoms with Crippen LogP contribution in [0.4, 0.5) is 0 Å². The van der Waals surface area contributed by atoms with Crippen molar-refractivity contribution in [2.45, 2.75) is 0 Å². The average Bonchev–Trinajstić information content (AvgIpc) is 1.59. The Morgan fingerprint density at radius 1 is 1.36 bits per heavy atom. The lowest BCUT2D eigenvalue weighted by Crippen LogP contribution is -2.50. The first-order valence-corrected chi connectivity index (χ1v) is 5.06. The molecule has 0 amide bonds. The minimum atomic E-state index is -4.92. The second kappa shape index (κ2) is 4.58. The lowest BCUT2D eigenvalue weighted by Gasteiger charge is -1.88. The van der Waals surface area contributed by atoms with E-state index in [-0.39, 0.29) is 0 Å². The summed E-state index contributed by atoms with van der Waals surface area (Å²) in [5.74, 6) is 2.67. The van der Waals surface area contributed by atoms with Crippen LogP contribution in [0.5, 0.6) is 0 Å². The maximum Gasteiger partial charge on any atom is 0.310 e. The quantitative estimate of drug-likeness (QED) is 0.267. The summed E-state index contributed by atoms with van der Waals surface area (Å²) in [6, 6.07) is 0. The Morgan fingerprint density at radius 3 is 1.45 bits per heavy atom. The fourth-order valence-corrected chi connectivity index (χ4v) is 0. The zero-order valence-electron chi connectivity index (χ0n) is 5.42. The Balaban J connectivity index is 0. The lowest BCUT2D eigenvalue weighted by molar-refractivity contribution is -0.634. The third-order valence-electron chi connectivity index (χ3n) is 0.214. The van der Waals surface area contributed by atoms with E-state index in [1.807, 2.05) is 0 Å². The van der Waals surface area contributed by atoms with Crippen molar-refractivity contribution in [1.29, 1.82) is 0 Å². The Morgan fingerprint density at radius 2 is 1.45 bits per heavy atom. The summed E-state index contributed by atoms with van der Waals surface area (Å²) in [5.41, 5.74) is 0. The van der Waals surface area contributed by atoms with E-state index in [2.05, 4.69) is 10.2 Å². The van der Waals surface area contributed by atoms with E-state index in [0.717, 1.165) is 6.26 Å². The average molecular weight is 209 g/mol. The molecule has 8 nitrogen and oxygen atoms in total. The molecule has 0 saturated carbocycles. The topological polar surface area (TPSA) is 148 Å². The van der Waals surface area contributed by atoms with E-state index in [0.29, 0.717) is 0 Å². The molecule has 0 fully saturated rings. The third-order valence-corrected chi connectivity index (χ3v) is 0.642. The van der Waals surface area contributed by atoms with Gasteiger partial charge in [-0.05, 0) is 0 Å². The highest BCUT2D eigenvalue weighted by Crippen LogP contribution is 1.69. The summed E-state index contributed by atoms with van der Waals surface area (Å²) in [5, 5.41) is 0. The molecule has 70 valence electrons. The van der Waals surface area contributed by atoms with Crippen LogP contribution in [0.3, 0.4) is 0 Å². The summed E-state index contributed by atoms with van der Waals surface area (Å²) in [4.78, 5) is 0. The van der Waals surface area contributed by atoms with Crippen molar-refractivity contribution in [3.8, 4) is 0 Å². The molecule has 0 aromatic heterocycles. The highest BCUT2D eigenvalue weighted by Gasteiger charge is 1.95. The second-order valence-corrected chi connectivity index (χ2v) is 3.75. The fourth-order valence-electron chi connectivity index (χ4n) is 0. The van der Waals surface area contributed by atoms with E-state index >= 15 is 0 Å². The molecule has 0 radical (unpaired) electrons. The van der Waals surface area contributed by atoms with Crippen molar-refractivity contribution >= 4 is 20.5 Å². The summed E-state index contributed by atoms with van der Waals surface area (Å²) in [6.07, 6.45) is 0.931. The van der Waals surface area contributed by atoms with Gasteiger partial charge in [0.25, 0.3) is 0 Å². The molecule has 0 atom stereocenters. The Kier molecular flexibility index (Phi) is 5.56. The number of hydrogen-bond acceptors (Lipinski definition) is 6. The van der Waals surface area contributed by atoms with Crippen molar-refractivity contribution < 1.29 is 36.1 Å². The van der Waals surface area contributed by atoms with Crippen LogP contribution in [0.25, 0.3) is 0 Å². The molecule has 0 aliphatic heterocycles. The molecule has 0 bridgehead atoms. The van der Waals surface area contributed by atoms with Gasteiger partial charge in [-0.1, -0.05) is 4.28 Å². The van der Waals surface area contributed by atoms with Crippen molar-refractivity contribution in [3.63, 3.8) is 0 Å². The lowest BCUT2D eigenvalue weighted by atomic mass is 12.0. The Bertz CT molecular complexity index is 264. The number of hydrogen-bond donors (Lipinski definition) is 2. The maximum atomic E-state index is 9.72. The zero-order chi connectivity index (χ0) is 9.71. The van der Waals surface area contributed by atoms with Gasteiger partial charge in [-0.2, -0.15) is 14.3 Å². The molecule has 0 spiro atoms. The molecule has 4 N–H and O–H groups in total. The molecule has 11 heavy (non-hydrogen) atoms. The predicted octanol–water partition coefficient (Wildman–Crippen LogP) is -2.88. The Labute approximate surface area is 63.6 Å². The zero-order valence-corrected chi connectivity index (χ0v) is 7.05. The Hall–Kier alpha value is -0.260. The van der Waals surface area contributed by atoms with E-state index in [9.17, 15) is 8.42 Å². The molecule has 10 heteroatoms. The van der Waals surface area contributed by atoms with Gasteiger partial charge in [-0.3, -0.25) is 4.55 Å². The van der Waals surface area contributed by atoms with Crippen LogP contribution < -0.4 is 5.90 Å². The molecule has 0 heterocycles. The first-order chi connectivity index (χ1) is 4.56. The summed E-state index contributed by atoms with van der Waals surface area (Å²) in [6.45, 7) is 0. The third kappa shape index (κ3) is 77.7. The monoisotopic (exact) mass is 209 g/mol. The van der Waals surface area contributed by atoms with Gasteiger partial charge in [0.15, 0.2) is 0 Å². The van der Waals surface area contributed by atoms with E-state index in [1.54, 1.807) is 0 Å². The highest BCUT2D eigenvalue weighted by molar-refractivity contribution is 7.85. The smallest absolute Gasteiger partial charge is 0.310 e. The molecule has 0 aromatic rings. The summed E-state index contributed by atoms with van der Waals surface area (Å²) >= 11 is 0. The minimum Gasteiger partial charge on any atom is -0.726 e. The molecule has 0 aliphatic rings. The normalized spacial score (nSPS) is 11.6. The van der Waals surface area contributed by atoms with E-state index < -0.39 is 20.5 Å². The molecule has 0 aromatic carbocycles. The van der Waals surface area contributed by atoms with Gasteiger partial charge in [-0.25, -0.2) is 8.42 Å². The van der Waals surface area contributed by atoms with Gasteiger partial charge in [0.2, 0.25) is 10.4 Å².